The molecule has 1 atom stereocenters. The molecule has 0 amide bonds. The highest BCUT2D eigenvalue weighted by atomic mass is 35.5. The Balaban J connectivity index is 1.85. The molecular formula is C14H15ClN4O2. The van der Waals surface area contributed by atoms with Crippen molar-refractivity contribution in [3.63, 3.8) is 0 Å². The summed E-state index contributed by atoms with van der Waals surface area (Å²) in [5.74, 6) is 1.66. The molecule has 0 saturated carbocycles. The Hall–Kier alpha value is -2.21. The van der Waals surface area contributed by atoms with Crippen LogP contribution >= 0.6 is 11.6 Å². The maximum absolute atomic E-state index is 10.0. The lowest BCUT2D eigenvalue weighted by atomic mass is 10.0. The molecule has 7 heteroatoms. The number of benzene rings is 1. The van der Waals surface area contributed by atoms with E-state index in [-0.39, 0.29) is 11.8 Å². The smallest absolute Gasteiger partial charge is 0.134 e. The zero-order chi connectivity index (χ0) is 15.0. The van der Waals surface area contributed by atoms with Crippen molar-refractivity contribution < 1.29 is 9.84 Å². The molecule has 1 aromatic heterocycles. The molecule has 1 aromatic carbocycles. The number of phenols is 1. The quantitative estimate of drug-likeness (QED) is 0.912. The van der Waals surface area contributed by atoms with Gasteiger partial charge >= 0.3 is 0 Å². The van der Waals surface area contributed by atoms with E-state index in [9.17, 15) is 5.11 Å². The number of methoxy groups -OCH3 is 1. The van der Waals surface area contributed by atoms with Crippen molar-refractivity contribution in [3.05, 3.63) is 40.9 Å². The zero-order valence-electron chi connectivity index (χ0n) is 11.7. The Bertz CT molecular complexity index is 711. The lowest BCUT2D eigenvalue weighted by Crippen LogP contribution is -2.15. The second kappa shape index (κ2) is 5.29. The van der Waals surface area contributed by atoms with Crippen LogP contribution in [0.2, 0.25) is 5.15 Å². The molecule has 6 nitrogen and oxygen atoms in total. The fraction of sp³-hybridized carbons (Fsp3) is 0.286. The fourth-order valence-electron chi connectivity index (χ4n) is 2.36. The van der Waals surface area contributed by atoms with Crippen LogP contribution < -0.4 is 10.2 Å². The van der Waals surface area contributed by atoms with Crippen molar-refractivity contribution >= 4 is 17.3 Å². The molecule has 0 spiro atoms. The van der Waals surface area contributed by atoms with Crippen molar-refractivity contribution in [2.24, 2.45) is 12.1 Å². The van der Waals surface area contributed by atoms with Crippen LogP contribution in [0, 0.1) is 0 Å². The molecule has 21 heavy (non-hydrogen) atoms. The molecule has 1 aliphatic heterocycles. The van der Waals surface area contributed by atoms with Gasteiger partial charge in [-0.1, -0.05) is 11.6 Å². The van der Waals surface area contributed by atoms with Gasteiger partial charge in [-0.2, -0.15) is 5.10 Å². The first-order chi connectivity index (χ1) is 10.1. The summed E-state index contributed by atoms with van der Waals surface area (Å²) in [4.78, 5) is 4.29. The lowest BCUT2D eigenvalue weighted by molar-refractivity contribution is 0.412. The van der Waals surface area contributed by atoms with E-state index < -0.39 is 0 Å². The number of hydrogen-bond donors (Lipinski definition) is 2. The third kappa shape index (κ3) is 2.42. The zero-order valence-corrected chi connectivity index (χ0v) is 12.4. The van der Waals surface area contributed by atoms with Crippen LogP contribution in [0.1, 0.15) is 23.9 Å². The van der Waals surface area contributed by atoms with Crippen molar-refractivity contribution in [1.82, 2.24) is 15.0 Å². The summed E-state index contributed by atoms with van der Waals surface area (Å²) in [6.07, 6.45) is 2.22. The van der Waals surface area contributed by atoms with Crippen LogP contribution in [0.4, 0.5) is 0 Å². The van der Waals surface area contributed by atoms with Crippen molar-refractivity contribution in [3.8, 4) is 11.5 Å². The summed E-state index contributed by atoms with van der Waals surface area (Å²) in [5.41, 5.74) is 4.45. The van der Waals surface area contributed by atoms with E-state index in [0.29, 0.717) is 22.9 Å². The topological polar surface area (TPSA) is 71.7 Å². The lowest BCUT2D eigenvalue weighted by Gasteiger charge is -2.10. The van der Waals surface area contributed by atoms with E-state index in [1.165, 1.54) is 0 Å². The number of halogens is 1. The van der Waals surface area contributed by atoms with Crippen LogP contribution in [0.5, 0.6) is 11.5 Å². The average molecular weight is 307 g/mol. The number of hydrogen-bond acceptors (Lipinski definition) is 5. The molecule has 3 rings (SSSR count). The summed E-state index contributed by atoms with van der Waals surface area (Å²) >= 11 is 6.00. The normalized spacial score (nSPS) is 17.5. The number of aromatic nitrogens is 2. The molecule has 0 radical (unpaired) electrons. The van der Waals surface area contributed by atoms with E-state index in [4.69, 9.17) is 16.3 Å². The van der Waals surface area contributed by atoms with Gasteiger partial charge in [0.15, 0.2) is 0 Å². The first kappa shape index (κ1) is 13.8. The van der Waals surface area contributed by atoms with Gasteiger partial charge in [0, 0.05) is 19.0 Å². The molecule has 2 N–H and O–H groups in total. The van der Waals surface area contributed by atoms with Crippen LogP contribution in [0.25, 0.3) is 0 Å². The van der Waals surface area contributed by atoms with Crippen molar-refractivity contribution in [2.45, 2.75) is 12.5 Å². The molecule has 2 heterocycles. The fourth-order valence-corrected chi connectivity index (χ4v) is 2.49. The number of nitrogens with zero attached hydrogens (tertiary/aromatic N) is 3. The second-order valence-corrected chi connectivity index (χ2v) is 5.21. The molecule has 2 aromatic rings. The first-order valence-corrected chi connectivity index (χ1v) is 6.84. The van der Waals surface area contributed by atoms with Gasteiger partial charge < -0.3 is 14.4 Å². The SMILES string of the molecule is COc1ccc(O)c(C2=NN[C@H](c3ncc(Cl)n3C)C2)c1. The number of imidazole rings is 1. The predicted octanol–water partition coefficient (Wildman–Crippen LogP) is 2.23. The molecule has 110 valence electrons. The van der Waals surface area contributed by atoms with Gasteiger partial charge in [0.25, 0.3) is 0 Å². The maximum atomic E-state index is 10.0. The average Bonchev–Trinajstić information content (AvgIpc) is 3.08. The second-order valence-electron chi connectivity index (χ2n) is 4.83. The molecule has 1 aliphatic rings. The van der Waals surface area contributed by atoms with Crippen LogP contribution in [0.3, 0.4) is 0 Å². The molecule has 0 saturated heterocycles. The minimum absolute atomic E-state index is 0.0666. The summed E-state index contributed by atoms with van der Waals surface area (Å²) in [7, 11) is 3.44. The Morgan fingerprint density at radius 1 is 1.48 bits per heavy atom. The standard InChI is InChI=1S/C14H15ClN4O2/c1-19-13(15)7-16-14(19)11-6-10(17-18-11)9-5-8(21-2)3-4-12(9)20/h3-5,7,11,18,20H,6H2,1-2H3/t11-/m0/s1. The number of ether oxygens (including phenoxy) is 1. The molecule has 0 bridgehead atoms. The Morgan fingerprint density at radius 2 is 2.29 bits per heavy atom. The predicted molar refractivity (Wildman–Crippen MR) is 79.9 cm³/mol. The highest BCUT2D eigenvalue weighted by Crippen LogP contribution is 2.30. The number of nitrogens with one attached hydrogen (secondary N) is 1. The van der Waals surface area contributed by atoms with Gasteiger partial charge in [0.2, 0.25) is 0 Å². The van der Waals surface area contributed by atoms with Crippen molar-refractivity contribution in [1.29, 1.82) is 0 Å². The van der Waals surface area contributed by atoms with Crippen molar-refractivity contribution in [2.75, 3.05) is 7.11 Å². The van der Waals surface area contributed by atoms with Gasteiger partial charge in [-0.25, -0.2) is 4.98 Å². The third-order valence-corrected chi connectivity index (χ3v) is 3.90. The van der Waals surface area contributed by atoms with E-state index in [2.05, 4.69) is 15.5 Å². The Morgan fingerprint density at radius 3 is 2.95 bits per heavy atom. The van der Waals surface area contributed by atoms with Crippen LogP contribution in [-0.4, -0.2) is 27.5 Å². The summed E-state index contributed by atoms with van der Waals surface area (Å²) in [6, 6.07) is 5.01. The number of aromatic hydroxyl groups is 1. The Labute approximate surface area is 127 Å². The minimum Gasteiger partial charge on any atom is -0.507 e. The summed E-state index contributed by atoms with van der Waals surface area (Å²) < 4.78 is 6.99. The van der Waals surface area contributed by atoms with Gasteiger partial charge in [-0.15, -0.1) is 0 Å². The van der Waals surface area contributed by atoms with Gasteiger partial charge in [-0.05, 0) is 18.2 Å². The minimum atomic E-state index is -0.0666. The summed E-state index contributed by atoms with van der Waals surface area (Å²) in [6.45, 7) is 0. The number of hydrazone groups is 1. The van der Waals surface area contributed by atoms with E-state index in [1.807, 2.05) is 11.6 Å². The van der Waals surface area contributed by atoms with Crippen LogP contribution in [-0.2, 0) is 7.05 Å². The largest absolute Gasteiger partial charge is 0.507 e. The third-order valence-electron chi connectivity index (χ3n) is 3.55. The van der Waals surface area contributed by atoms with E-state index >= 15 is 0 Å². The summed E-state index contributed by atoms with van der Waals surface area (Å²) in [5, 5.41) is 14.9. The van der Waals surface area contributed by atoms with Crippen LogP contribution in [0.15, 0.2) is 29.5 Å². The number of phenolic OH excluding ortho intramolecular Hbond substituents is 1. The molecule has 0 fully saturated rings. The maximum Gasteiger partial charge on any atom is 0.134 e. The molecule has 0 unspecified atom stereocenters. The van der Waals surface area contributed by atoms with E-state index in [0.717, 1.165) is 11.5 Å². The highest BCUT2D eigenvalue weighted by molar-refractivity contribution is 6.29. The van der Waals surface area contributed by atoms with Gasteiger partial charge in [-0.3, -0.25) is 5.43 Å². The van der Waals surface area contributed by atoms with Gasteiger partial charge in [0.1, 0.15) is 28.5 Å². The first-order valence-electron chi connectivity index (χ1n) is 6.46. The monoisotopic (exact) mass is 306 g/mol. The van der Waals surface area contributed by atoms with E-state index in [1.54, 1.807) is 31.5 Å². The number of rotatable bonds is 3. The van der Waals surface area contributed by atoms with Gasteiger partial charge in [0.05, 0.1) is 19.0 Å². The highest BCUT2D eigenvalue weighted by Gasteiger charge is 2.26. The Kier molecular flexibility index (Phi) is 3.47. The molecule has 0 aliphatic carbocycles. The molecular weight excluding hydrogens is 292 g/mol.